The SMILES string of the molecule is CC1(C)CCCCC1C(=O)NC1(C(=O)O)CCCC1. The number of carbonyl (C=O) groups excluding carboxylic acids is 1. The second kappa shape index (κ2) is 5.14. The largest absolute Gasteiger partial charge is 0.480 e. The first kappa shape index (κ1) is 14.4. The Balaban J connectivity index is 2.09. The molecular weight excluding hydrogens is 242 g/mol. The van der Waals surface area contributed by atoms with Gasteiger partial charge in [-0.3, -0.25) is 4.79 Å². The van der Waals surface area contributed by atoms with E-state index >= 15 is 0 Å². The van der Waals surface area contributed by atoms with Crippen molar-refractivity contribution < 1.29 is 14.7 Å². The van der Waals surface area contributed by atoms with Gasteiger partial charge in [0.2, 0.25) is 5.91 Å². The van der Waals surface area contributed by atoms with Crippen LogP contribution in [0.4, 0.5) is 0 Å². The van der Waals surface area contributed by atoms with Gasteiger partial charge in [-0.2, -0.15) is 0 Å². The minimum atomic E-state index is -0.995. The molecule has 0 spiro atoms. The maximum atomic E-state index is 12.5. The molecule has 0 bridgehead atoms. The fourth-order valence-corrected chi connectivity index (χ4v) is 3.67. The highest BCUT2D eigenvalue weighted by atomic mass is 16.4. The first-order chi connectivity index (χ1) is 8.87. The lowest BCUT2D eigenvalue weighted by molar-refractivity contribution is -0.149. The summed E-state index contributed by atoms with van der Waals surface area (Å²) in [7, 11) is 0. The predicted molar refractivity (Wildman–Crippen MR) is 72.7 cm³/mol. The first-order valence-electron chi connectivity index (χ1n) is 7.43. The van der Waals surface area contributed by atoms with Crippen molar-refractivity contribution in [2.24, 2.45) is 11.3 Å². The Hall–Kier alpha value is -1.06. The number of aliphatic carboxylic acids is 1. The van der Waals surface area contributed by atoms with Gasteiger partial charge in [-0.1, -0.05) is 39.5 Å². The number of carbonyl (C=O) groups is 2. The van der Waals surface area contributed by atoms with E-state index in [0.29, 0.717) is 12.8 Å². The minimum absolute atomic E-state index is 0.0133. The monoisotopic (exact) mass is 267 g/mol. The molecule has 0 heterocycles. The zero-order valence-electron chi connectivity index (χ0n) is 12.0. The van der Waals surface area contributed by atoms with Gasteiger partial charge in [-0.25, -0.2) is 4.79 Å². The molecule has 4 heteroatoms. The molecule has 2 rings (SSSR count). The van der Waals surface area contributed by atoms with Gasteiger partial charge in [0.25, 0.3) is 0 Å². The van der Waals surface area contributed by atoms with Crippen LogP contribution in [0.5, 0.6) is 0 Å². The topological polar surface area (TPSA) is 66.4 Å². The van der Waals surface area contributed by atoms with Gasteiger partial charge in [0, 0.05) is 5.92 Å². The Labute approximate surface area is 115 Å². The van der Waals surface area contributed by atoms with Gasteiger partial charge in [0.1, 0.15) is 5.54 Å². The number of nitrogens with one attached hydrogen (secondary N) is 1. The Bertz CT molecular complexity index is 370. The fraction of sp³-hybridized carbons (Fsp3) is 0.867. The molecule has 0 radical (unpaired) electrons. The van der Waals surface area contributed by atoms with E-state index < -0.39 is 11.5 Å². The number of carboxylic acids is 1. The number of carboxylic acid groups (broad SMARTS) is 1. The smallest absolute Gasteiger partial charge is 0.329 e. The first-order valence-corrected chi connectivity index (χ1v) is 7.43. The molecule has 0 aromatic heterocycles. The van der Waals surface area contributed by atoms with Crippen molar-refractivity contribution in [1.82, 2.24) is 5.32 Å². The van der Waals surface area contributed by atoms with E-state index in [9.17, 15) is 14.7 Å². The maximum absolute atomic E-state index is 12.5. The Kier molecular flexibility index (Phi) is 3.88. The highest BCUT2D eigenvalue weighted by Crippen LogP contribution is 2.41. The van der Waals surface area contributed by atoms with Gasteiger partial charge in [-0.15, -0.1) is 0 Å². The molecule has 19 heavy (non-hydrogen) atoms. The summed E-state index contributed by atoms with van der Waals surface area (Å²) in [5.74, 6) is -0.959. The number of rotatable bonds is 3. The Morgan fingerprint density at radius 2 is 1.63 bits per heavy atom. The zero-order valence-corrected chi connectivity index (χ0v) is 12.0. The third kappa shape index (κ3) is 2.77. The van der Waals surface area contributed by atoms with E-state index in [1.807, 2.05) is 0 Å². The summed E-state index contributed by atoms with van der Waals surface area (Å²) in [4.78, 5) is 24.0. The molecule has 4 nitrogen and oxygen atoms in total. The van der Waals surface area contributed by atoms with Crippen molar-refractivity contribution in [1.29, 1.82) is 0 Å². The lowest BCUT2D eigenvalue weighted by atomic mass is 9.68. The standard InChI is InChI=1S/C15H25NO3/c1-14(2)8-4-3-7-11(14)12(17)16-15(13(18)19)9-5-6-10-15/h11H,3-10H2,1-2H3,(H,16,17)(H,18,19). The molecular formula is C15H25NO3. The van der Waals surface area contributed by atoms with E-state index in [0.717, 1.165) is 32.1 Å². The number of hydrogen-bond donors (Lipinski definition) is 2. The Morgan fingerprint density at radius 1 is 1.05 bits per heavy atom. The maximum Gasteiger partial charge on any atom is 0.329 e. The van der Waals surface area contributed by atoms with E-state index in [1.54, 1.807) is 0 Å². The van der Waals surface area contributed by atoms with Crippen LogP contribution in [-0.4, -0.2) is 22.5 Å². The van der Waals surface area contributed by atoms with Crippen molar-refractivity contribution in [3.63, 3.8) is 0 Å². The summed E-state index contributed by atoms with van der Waals surface area (Å²) >= 11 is 0. The molecule has 2 saturated carbocycles. The summed E-state index contributed by atoms with van der Waals surface area (Å²) < 4.78 is 0. The highest BCUT2D eigenvalue weighted by Gasteiger charge is 2.46. The molecule has 1 unspecified atom stereocenters. The van der Waals surface area contributed by atoms with Gasteiger partial charge in [0.15, 0.2) is 0 Å². The van der Waals surface area contributed by atoms with Crippen molar-refractivity contribution >= 4 is 11.9 Å². The van der Waals surface area contributed by atoms with Gasteiger partial charge in [0.05, 0.1) is 0 Å². The number of amides is 1. The molecule has 2 fully saturated rings. The van der Waals surface area contributed by atoms with E-state index in [4.69, 9.17) is 0 Å². The molecule has 2 aliphatic carbocycles. The van der Waals surface area contributed by atoms with Crippen LogP contribution < -0.4 is 5.32 Å². The molecule has 2 aliphatic rings. The van der Waals surface area contributed by atoms with Crippen molar-refractivity contribution in [2.45, 2.75) is 70.8 Å². The zero-order chi connectivity index (χ0) is 14.1. The molecule has 108 valence electrons. The van der Waals surface area contributed by atoms with Crippen molar-refractivity contribution in [3.05, 3.63) is 0 Å². The van der Waals surface area contributed by atoms with E-state index in [2.05, 4.69) is 19.2 Å². The quantitative estimate of drug-likeness (QED) is 0.826. The number of hydrogen-bond acceptors (Lipinski definition) is 2. The predicted octanol–water partition coefficient (Wildman–Crippen LogP) is 2.72. The second-order valence-electron chi connectivity index (χ2n) is 6.87. The fourth-order valence-electron chi connectivity index (χ4n) is 3.67. The van der Waals surface area contributed by atoms with E-state index in [1.165, 1.54) is 6.42 Å². The van der Waals surface area contributed by atoms with Crippen LogP contribution in [0, 0.1) is 11.3 Å². The van der Waals surface area contributed by atoms with Gasteiger partial charge in [-0.05, 0) is 31.1 Å². The van der Waals surface area contributed by atoms with Crippen LogP contribution in [0.15, 0.2) is 0 Å². The average Bonchev–Trinajstić information content (AvgIpc) is 2.78. The molecule has 0 saturated heterocycles. The molecule has 0 aliphatic heterocycles. The molecule has 0 aromatic rings. The summed E-state index contributed by atoms with van der Waals surface area (Å²) in [5, 5.41) is 12.3. The lowest BCUT2D eigenvalue weighted by Gasteiger charge is -2.39. The summed E-state index contributed by atoms with van der Waals surface area (Å²) in [6.45, 7) is 4.25. The minimum Gasteiger partial charge on any atom is -0.480 e. The van der Waals surface area contributed by atoms with Gasteiger partial charge < -0.3 is 10.4 Å². The van der Waals surface area contributed by atoms with Crippen LogP contribution in [0.2, 0.25) is 0 Å². The van der Waals surface area contributed by atoms with Crippen molar-refractivity contribution in [3.8, 4) is 0 Å². The van der Waals surface area contributed by atoms with Crippen LogP contribution in [0.25, 0.3) is 0 Å². The lowest BCUT2D eigenvalue weighted by Crippen LogP contribution is -2.56. The third-order valence-corrected chi connectivity index (χ3v) is 5.05. The van der Waals surface area contributed by atoms with E-state index in [-0.39, 0.29) is 17.2 Å². The normalized spacial score (nSPS) is 28.8. The second-order valence-corrected chi connectivity index (χ2v) is 6.87. The van der Waals surface area contributed by atoms with Gasteiger partial charge >= 0.3 is 5.97 Å². The summed E-state index contributed by atoms with van der Waals surface area (Å²) in [5.41, 5.74) is -1.01. The highest BCUT2D eigenvalue weighted by molar-refractivity contribution is 5.88. The molecule has 1 amide bonds. The third-order valence-electron chi connectivity index (χ3n) is 5.05. The van der Waals surface area contributed by atoms with Crippen LogP contribution in [0.3, 0.4) is 0 Å². The van der Waals surface area contributed by atoms with Crippen LogP contribution in [-0.2, 0) is 9.59 Å². The molecule has 0 aromatic carbocycles. The Morgan fingerprint density at radius 3 is 2.16 bits per heavy atom. The summed E-state index contributed by atoms with van der Waals surface area (Å²) in [6, 6.07) is 0. The molecule has 2 N–H and O–H groups in total. The van der Waals surface area contributed by atoms with Crippen LogP contribution >= 0.6 is 0 Å². The summed E-state index contributed by atoms with van der Waals surface area (Å²) in [6.07, 6.45) is 7.09. The van der Waals surface area contributed by atoms with Crippen molar-refractivity contribution in [2.75, 3.05) is 0 Å². The average molecular weight is 267 g/mol. The van der Waals surface area contributed by atoms with Crippen LogP contribution in [0.1, 0.15) is 65.2 Å². The molecule has 1 atom stereocenters.